The Morgan fingerprint density at radius 1 is 0.636 bits per heavy atom. The van der Waals surface area contributed by atoms with Gasteiger partial charge in [0.1, 0.15) is 0 Å². The first-order valence-corrected chi connectivity index (χ1v) is 11.3. The molecule has 6 rings (SSSR count). The lowest BCUT2D eigenvalue weighted by Gasteiger charge is -2.38. The summed E-state index contributed by atoms with van der Waals surface area (Å²) in [7, 11) is 0. The van der Waals surface area contributed by atoms with Crippen LogP contribution in [-0.2, 0) is 0 Å². The molecule has 0 aromatic heterocycles. The summed E-state index contributed by atoms with van der Waals surface area (Å²) >= 11 is 0. The summed E-state index contributed by atoms with van der Waals surface area (Å²) in [5.74, 6) is 0. The maximum absolute atomic E-state index is 3.52. The number of para-hydroxylation sites is 3. The lowest BCUT2D eigenvalue weighted by atomic mass is 9.33. The van der Waals surface area contributed by atoms with E-state index in [1.807, 2.05) is 6.07 Å². The molecule has 0 saturated heterocycles. The molecule has 2 aliphatic rings. The van der Waals surface area contributed by atoms with Crippen LogP contribution >= 0.6 is 0 Å². The molecule has 0 bridgehead atoms. The molecule has 2 aliphatic heterocycles. The van der Waals surface area contributed by atoms with E-state index < -0.39 is 0 Å². The summed E-state index contributed by atoms with van der Waals surface area (Å²) in [6.45, 7) is 0.129. The van der Waals surface area contributed by atoms with Crippen molar-refractivity contribution in [2.45, 2.75) is 0 Å². The number of nitrogens with zero attached hydrogens (tertiary/aromatic N) is 1. The Morgan fingerprint density at radius 3 is 2.18 bits per heavy atom. The highest BCUT2D eigenvalue weighted by Crippen LogP contribution is 2.37. The monoisotopic (exact) mass is 422 g/mol. The van der Waals surface area contributed by atoms with Gasteiger partial charge in [0.05, 0.1) is 0 Å². The fraction of sp³-hybridized carbons (Fsp3) is 0. The van der Waals surface area contributed by atoms with Crippen molar-refractivity contribution in [3.63, 3.8) is 0 Å². The molecule has 156 valence electrons. The Labute approximate surface area is 195 Å². The normalized spacial score (nSPS) is 16.9. The second-order valence-electron chi connectivity index (χ2n) is 8.32. The third-order valence-corrected chi connectivity index (χ3v) is 6.34. The van der Waals surface area contributed by atoms with Gasteiger partial charge >= 0.3 is 0 Å². The van der Waals surface area contributed by atoms with Crippen LogP contribution in [0.4, 0.5) is 22.7 Å². The van der Waals surface area contributed by atoms with Gasteiger partial charge in [0.15, 0.2) is 0 Å². The molecule has 4 aromatic rings. The quantitative estimate of drug-likeness (QED) is 0.396. The van der Waals surface area contributed by atoms with Crippen molar-refractivity contribution in [3.05, 3.63) is 139 Å². The van der Waals surface area contributed by atoms with E-state index in [-0.39, 0.29) is 6.71 Å². The fourth-order valence-electron chi connectivity index (χ4n) is 4.90. The Hall–Kier alpha value is -4.24. The smallest absolute Gasteiger partial charge is 0.249 e. The lowest BCUT2D eigenvalue weighted by molar-refractivity contribution is 1.29. The van der Waals surface area contributed by atoms with Gasteiger partial charge in [0, 0.05) is 22.7 Å². The Morgan fingerprint density at radius 2 is 1.33 bits per heavy atom. The first kappa shape index (κ1) is 19.5. The largest absolute Gasteiger partial charge is 0.362 e. The molecule has 2 nitrogen and oxygen atoms in total. The maximum atomic E-state index is 3.52. The summed E-state index contributed by atoms with van der Waals surface area (Å²) in [4.78, 5) is 2.39. The summed E-state index contributed by atoms with van der Waals surface area (Å²) in [5.41, 5.74) is 9.84. The maximum Gasteiger partial charge on any atom is 0.249 e. The number of rotatable bonds is 3. The van der Waals surface area contributed by atoms with Gasteiger partial charge in [0.25, 0.3) is 0 Å². The SMILES string of the molecule is C1=C\C(=C\Nc2ccccc2)B2c3ccccc3N(c3ccccc3)c3cccc(c32)\C=C/1. The molecule has 3 heteroatoms. The van der Waals surface area contributed by atoms with E-state index in [0.29, 0.717) is 0 Å². The van der Waals surface area contributed by atoms with Crippen molar-refractivity contribution in [3.8, 4) is 0 Å². The first-order chi connectivity index (χ1) is 16.4. The van der Waals surface area contributed by atoms with Crippen molar-refractivity contribution in [1.29, 1.82) is 0 Å². The molecule has 0 fully saturated rings. The number of fused-ring (bicyclic) bond motifs is 2. The van der Waals surface area contributed by atoms with Crippen LogP contribution in [0.1, 0.15) is 5.56 Å². The van der Waals surface area contributed by atoms with Crippen molar-refractivity contribution >= 4 is 46.5 Å². The molecule has 0 aliphatic carbocycles. The van der Waals surface area contributed by atoms with E-state index in [2.05, 4.69) is 138 Å². The van der Waals surface area contributed by atoms with Crippen LogP contribution in [0.15, 0.2) is 133 Å². The average Bonchev–Trinajstić information content (AvgIpc) is 2.87. The predicted molar refractivity (Wildman–Crippen MR) is 142 cm³/mol. The topological polar surface area (TPSA) is 15.3 Å². The molecular formula is C30H23BN2. The van der Waals surface area contributed by atoms with Gasteiger partial charge in [0.2, 0.25) is 6.71 Å². The predicted octanol–water partition coefficient (Wildman–Crippen LogP) is 6.20. The molecule has 2 heterocycles. The van der Waals surface area contributed by atoms with E-state index >= 15 is 0 Å². The molecule has 4 aromatic carbocycles. The zero-order valence-electron chi connectivity index (χ0n) is 18.2. The van der Waals surface area contributed by atoms with Gasteiger partial charge in [-0.25, -0.2) is 0 Å². The van der Waals surface area contributed by atoms with Crippen molar-refractivity contribution in [1.82, 2.24) is 0 Å². The van der Waals surface area contributed by atoms with Crippen LogP contribution in [0.2, 0.25) is 0 Å². The Bertz CT molecular complexity index is 1390. The highest BCUT2D eigenvalue weighted by molar-refractivity contribution is 6.94. The van der Waals surface area contributed by atoms with Crippen LogP contribution in [0.3, 0.4) is 0 Å². The molecule has 1 N–H and O–H groups in total. The second kappa shape index (κ2) is 8.36. The Balaban J connectivity index is 1.58. The van der Waals surface area contributed by atoms with E-state index in [9.17, 15) is 0 Å². The van der Waals surface area contributed by atoms with Crippen LogP contribution in [-0.4, -0.2) is 6.71 Å². The minimum atomic E-state index is 0.129. The number of hydrogen-bond acceptors (Lipinski definition) is 2. The second-order valence-corrected chi connectivity index (χ2v) is 8.32. The number of benzene rings is 4. The third kappa shape index (κ3) is 3.48. The van der Waals surface area contributed by atoms with Gasteiger partial charge in [-0.1, -0.05) is 96.5 Å². The number of anilines is 4. The molecule has 33 heavy (non-hydrogen) atoms. The summed E-state index contributed by atoms with van der Waals surface area (Å²) in [6, 6.07) is 36.4. The summed E-state index contributed by atoms with van der Waals surface area (Å²) in [5, 5.41) is 3.52. The summed E-state index contributed by atoms with van der Waals surface area (Å²) in [6.07, 6.45) is 10.9. The van der Waals surface area contributed by atoms with Crippen molar-refractivity contribution in [2.24, 2.45) is 0 Å². The first-order valence-electron chi connectivity index (χ1n) is 11.3. The highest BCUT2D eigenvalue weighted by Gasteiger charge is 2.37. The standard InChI is InChI=1S/C30H23BN2/c1-3-15-25(16-4-1)32-22-24-14-8-7-12-23-13-11-21-29-30(23)31(24)27-19-9-10-20-28(27)33(29)26-17-5-2-6-18-26/h1-22,32H/b12-7-,14-8-,24-22-. The fourth-order valence-corrected chi connectivity index (χ4v) is 4.90. The molecule has 0 amide bonds. The molecule has 0 unspecified atom stereocenters. The van der Waals surface area contributed by atoms with E-state index in [4.69, 9.17) is 0 Å². The minimum absolute atomic E-state index is 0.129. The van der Waals surface area contributed by atoms with Crippen LogP contribution < -0.4 is 21.1 Å². The van der Waals surface area contributed by atoms with Crippen LogP contribution in [0, 0.1) is 0 Å². The van der Waals surface area contributed by atoms with Gasteiger partial charge in [-0.3, -0.25) is 0 Å². The lowest BCUT2D eigenvalue weighted by Crippen LogP contribution is -2.52. The zero-order chi connectivity index (χ0) is 22.0. The van der Waals surface area contributed by atoms with Crippen molar-refractivity contribution in [2.75, 3.05) is 10.2 Å². The van der Waals surface area contributed by atoms with Gasteiger partial charge in [-0.05, 0) is 59.1 Å². The average molecular weight is 422 g/mol. The minimum Gasteiger partial charge on any atom is -0.362 e. The van der Waals surface area contributed by atoms with E-state index in [1.165, 1.54) is 39.0 Å². The molecule has 0 saturated carbocycles. The molecular weight excluding hydrogens is 399 g/mol. The third-order valence-electron chi connectivity index (χ3n) is 6.34. The van der Waals surface area contributed by atoms with E-state index in [1.54, 1.807) is 0 Å². The van der Waals surface area contributed by atoms with Gasteiger partial charge < -0.3 is 10.2 Å². The number of nitrogens with one attached hydrogen (secondary N) is 1. The Kier molecular flexibility index (Phi) is 4.93. The van der Waals surface area contributed by atoms with Crippen LogP contribution in [0.25, 0.3) is 6.08 Å². The van der Waals surface area contributed by atoms with Crippen molar-refractivity contribution < 1.29 is 0 Å². The van der Waals surface area contributed by atoms with Crippen LogP contribution in [0.5, 0.6) is 0 Å². The zero-order valence-corrected chi connectivity index (χ0v) is 18.2. The molecule has 0 spiro atoms. The van der Waals surface area contributed by atoms with E-state index in [0.717, 1.165) is 5.69 Å². The number of allylic oxidation sites excluding steroid dienone is 4. The summed E-state index contributed by atoms with van der Waals surface area (Å²) < 4.78 is 0. The molecule has 0 radical (unpaired) electrons. The van der Waals surface area contributed by atoms with Gasteiger partial charge in [-0.15, -0.1) is 0 Å². The number of hydrogen-bond donors (Lipinski definition) is 1. The molecule has 0 atom stereocenters. The highest BCUT2D eigenvalue weighted by atomic mass is 15.1. The van der Waals surface area contributed by atoms with Gasteiger partial charge in [-0.2, -0.15) is 0 Å².